The van der Waals surface area contributed by atoms with Crippen LogP contribution in [-0.4, -0.2) is 12.8 Å². The topological polar surface area (TPSA) is 12.0 Å². The van der Waals surface area contributed by atoms with Crippen molar-refractivity contribution in [2.75, 3.05) is 12.8 Å². The van der Waals surface area contributed by atoms with Crippen molar-refractivity contribution in [2.24, 2.45) is 0 Å². The lowest BCUT2D eigenvalue weighted by molar-refractivity contribution is 0.674. The number of hydrogen-bond donors (Lipinski definition) is 1. The molecule has 0 aliphatic heterocycles. The lowest BCUT2D eigenvalue weighted by Gasteiger charge is -2.14. The molecule has 1 aromatic carbocycles. The third-order valence-corrected chi connectivity index (χ3v) is 5.33. The minimum atomic E-state index is 0.309. The first-order valence-electron chi connectivity index (χ1n) is 5.80. The fourth-order valence-electron chi connectivity index (χ4n) is 1.66. The van der Waals surface area contributed by atoms with Crippen molar-refractivity contribution in [2.45, 2.75) is 17.9 Å². The van der Waals surface area contributed by atoms with Gasteiger partial charge in [0.05, 0.1) is 11.1 Å². The fourth-order valence-corrected chi connectivity index (χ4v) is 4.08. The molecule has 96 valence electrons. The van der Waals surface area contributed by atoms with Crippen LogP contribution in [0.5, 0.6) is 0 Å². The molecular formula is C14H16ClNS2. The predicted octanol–water partition coefficient (Wildman–Crippen LogP) is 4.76. The Bertz CT molecular complexity index is 493. The van der Waals surface area contributed by atoms with Crippen LogP contribution < -0.4 is 5.32 Å². The van der Waals surface area contributed by atoms with Gasteiger partial charge in [-0.15, -0.1) is 23.1 Å². The fraction of sp³-hybridized carbons (Fsp3) is 0.286. The van der Waals surface area contributed by atoms with Gasteiger partial charge in [-0.25, -0.2) is 0 Å². The van der Waals surface area contributed by atoms with Crippen molar-refractivity contribution in [3.63, 3.8) is 0 Å². The Morgan fingerprint density at radius 3 is 2.56 bits per heavy atom. The number of rotatable bonds is 5. The van der Waals surface area contributed by atoms with E-state index in [0.29, 0.717) is 6.04 Å². The van der Waals surface area contributed by atoms with Gasteiger partial charge in [-0.2, -0.15) is 0 Å². The van der Waals surface area contributed by atoms with Crippen LogP contribution in [0.1, 0.15) is 16.5 Å². The number of aryl methyl sites for hydroxylation is 1. The first kappa shape index (κ1) is 13.9. The zero-order valence-electron chi connectivity index (χ0n) is 10.4. The van der Waals surface area contributed by atoms with E-state index < -0.39 is 0 Å². The van der Waals surface area contributed by atoms with Crippen LogP contribution >= 0.6 is 34.7 Å². The summed E-state index contributed by atoms with van der Waals surface area (Å²) in [5.41, 5.74) is 1.30. The highest BCUT2D eigenvalue weighted by atomic mass is 35.5. The summed E-state index contributed by atoms with van der Waals surface area (Å²) in [6.07, 6.45) is 0. The third-order valence-electron chi connectivity index (χ3n) is 2.75. The minimum Gasteiger partial charge on any atom is -0.312 e. The predicted molar refractivity (Wildman–Crippen MR) is 83.0 cm³/mol. The summed E-state index contributed by atoms with van der Waals surface area (Å²) in [6, 6.07) is 10.9. The van der Waals surface area contributed by atoms with Gasteiger partial charge >= 0.3 is 0 Å². The highest BCUT2D eigenvalue weighted by Gasteiger charge is 2.14. The number of hydrogen-bond acceptors (Lipinski definition) is 3. The van der Waals surface area contributed by atoms with E-state index in [9.17, 15) is 0 Å². The second-order valence-electron chi connectivity index (χ2n) is 4.10. The van der Waals surface area contributed by atoms with Gasteiger partial charge < -0.3 is 5.32 Å². The second-order valence-corrected chi connectivity index (χ2v) is 6.55. The van der Waals surface area contributed by atoms with Gasteiger partial charge in [0.2, 0.25) is 0 Å². The van der Waals surface area contributed by atoms with Gasteiger partial charge in [0, 0.05) is 15.5 Å². The van der Waals surface area contributed by atoms with E-state index in [0.717, 1.165) is 10.8 Å². The molecular weight excluding hydrogens is 282 g/mol. The largest absolute Gasteiger partial charge is 0.312 e. The van der Waals surface area contributed by atoms with Gasteiger partial charge in [0.15, 0.2) is 0 Å². The Balaban J connectivity index is 2.00. The average molecular weight is 298 g/mol. The number of thiophene rings is 1. The Morgan fingerprint density at radius 1 is 1.28 bits per heavy atom. The van der Waals surface area contributed by atoms with Crippen molar-refractivity contribution in [1.29, 1.82) is 0 Å². The first-order chi connectivity index (χ1) is 8.70. The zero-order valence-corrected chi connectivity index (χ0v) is 12.8. The van der Waals surface area contributed by atoms with Gasteiger partial charge in [-0.3, -0.25) is 0 Å². The number of benzene rings is 1. The molecule has 18 heavy (non-hydrogen) atoms. The molecule has 2 aromatic rings. The summed E-state index contributed by atoms with van der Waals surface area (Å²) in [6.45, 7) is 2.11. The number of thioether (sulfide) groups is 1. The molecule has 0 bridgehead atoms. The Labute approximate surface area is 122 Å². The van der Waals surface area contributed by atoms with E-state index in [2.05, 4.69) is 36.5 Å². The van der Waals surface area contributed by atoms with Crippen molar-refractivity contribution in [3.8, 4) is 0 Å². The number of nitrogens with one attached hydrogen (secondary N) is 1. The average Bonchev–Trinajstić information content (AvgIpc) is 2.79. The summed E-state index contributed by atoms with van der Waals surface area (Å²) < 4.78 is 0. The van der Waals surface area contributed by atoms with E-state index in [1.54, 1.807) is 11.3 Å². The molecule has 0 fully saturated rings. The molecule has 0 saturated carbocycles. The van der Waals surface area contributed by atoms with Gasteiger partial charge in [-0.05, 0) is 37.6 Å². The van der Waals surface area contributed by atoms with Crippen LogP contribution in [0.15, 0.2) is 40.6 Å². The molecule has 1 aromatic heterocycles. The van der Waals surface area contributed by atoms with Gasteiger partial charge in [0.25, 0.3) is 0 Å². The van der Waals surface area contributed by atoms with Crippen molar-refractivity contribution < 1.29 is 0 Å². The van der Waals surface area contributed by atoms with Crippen molar-refractivity contribution in [1.82, 2.24) is 5.32 Å². The van der Waals surface area contributed by atoms with Crippen LogP contribution in [0.3, 0.4) is 0 Å². The van der Waals surface area contributed by atoms with Crippen LogP contribution in [0.4, 0.5) is 0 Å². The maximum Gasteiger partial charge on any atom is 0.0561 e. The Morgan fingerprint density at radius 2 is 2.00 bits per heavy atom. The highest BCUT2D eigenvalue weighted by molar-refractivity contribution is 7.99. The molecule has 4 heteroatoms. The zero-order chi connectivity index (χ0) is 13.0. The van der Waals surface area contributed by atoms with E-state index in [1.807, 2.05) is 30.3 Å². The molecule has 0 aliphatic carbocycles. The monoisotopic (exact) mass is 297 g/mol. The summed E-state index contributed by atoms with van der Waals surface area (Å²) in [7, 11) is 1.98. The molecule has 0 aliphatic rings. The van der Waals surface area contributed by atoms with E-state index in [-0.39, 0.29) is 0 Å². The lowest BCUT2D eigenvalue weighted by atomic mass is 10.2. The summed E-state index contributed by atoms with van der Waals surface area (Å²) in [5, 5.41) is 6.24. The van der Waals surface area contributed by atoms with Crippen LogP contribution in [0, 0.1) is 6.92 Å². The summed E-state index contributed by atoms with van der Waals surface area (Å²) in [4.78, 5) is 2.52. The van der Waals surface area contributed by atoms with Gasteiger partial charge in [0.1, 0.15) is 0 Å². The van der Waals surface area contributed by atoms with Crippen molar-refractivity contribution in [3.05, 3.63) is 51.2 Å². The third kappa shape index (κ3) is 3.51. The molecule has 0 saturated heterocycles. The second kappa shape index (κ2) is 6.62. The molecule has 1 atom stereocenters. The summed E-state index contributed by atoms with van der Waals surface area (Å²) >= 11 is 9.74. The maximum absolute atomic E-state index is 6.18. The Kier molecular flexibility index (Phi) is 5.13. The molecule has 1 nitrogen and oxygen atoms in total. The van der Waals surface area contributed by atoms with E-state index >= 15 is 0 Å². The maximum atomic E-state index is 6.18. The van der Waals surface area contributed by atoms with Crippen LogP contribution in [-0.2, 0) is 0 Å². The molecule has 1 heterocycles. The smallest absolute Gasteiger partial charge is 0.0561 e. The molecule has 2 rings (SSSR count). The molecule has 0 spiro atoms. The standard InChI is InChI=1S/C14H16ClNS2/c1-10-3-5-11(6-4-10)18-9-13(16-2)14-12(15)7-8-17-14/h3-8,13,16H,9H2,1-2H3. The van der Waals surface area contributed by atoms with E-state index in [1.165, 1.54) is 15.3 Å². The molecule has 0 amide bonds. The SMILES string of the molecule is CNC(CSc1ccc(C)cc1)c1sccc1Cl. The van der Waals surface area contributed by atoms with Crippen LogP contribution in [0.2, 0.25) is 5.02 Å². The lowest BCUT2D eigenvalue weighted by Crippen LogP contribution is -2.17. The van der Waals surface area contributed by atoms with Crippen molar-refractivity contribution >= 4 is 34.7 Å². The molecule has 1 unspecified atom stereocenters. The molecule has 0 radical (unpaired) electrons. The van der Waals surface area contributed by atoms with Crippen LogP contribution in [0.25, 0.3) is 0 Å². The first-order valence-corrected chi connectivity index (χ1v) is 8.04. The quantitative estimate of drug-likeness (QED) is 0.798. The minimum absolute atomic E-state index is 0.309. The molecule has 1 N–H and O–H groups in total. The normalized spacial score (nSPS) is 12.6. The highest BCUT2D eigenvalue weighted by Crippen LogP contribution is 2.32. The Hall–Kier alpha value is -0.480. The van der Waals surface area contributed by atoms with E-state index in [4.69, 9.17) is 11.6 Å². The summed E-state index contributed by atoms with van der Waals surface area (Å²) in [5.74, 6) is 0.986. The number of halogens is 1. The van der Waals surface area contributed by atoms with Gasteiger partial charge in [-0.1, -0.05) is 29.3 Å².